The van der Waals surface area contributed by atoms with Crippen molar-refractivity contribution in [2.75, 3.05) is 12.4 Å². The lowest BCUT2D eigenvalue weighted by Gasteiger charge is -2.00. The molecule has 3 aromatic heterocycles. The number of carbonyl (C=O) groups excluding carboxylic acids is 2. The van der Waals surface area contributed by atoms with E-state index in [9.17, 15) is 9.59 Å². The van der Waals surface area contributed by atoms with Crippen LogP contribution in [0.5, 0.6) is 0 Å². The number of aromatic amines is 1. The zero-order valence-electron chi connectivity index (χ0n) is 12.1. The molecule has 0 aliphatic rings. The largest absolute Gasteiger partial charge is 0.464 e. The Morgan fingerprint density at radius 2 is 2.09 bits per heavy atom. The number of esters is 1. The molecule has 0 aliphatic carbocycles. The summed E-state index contributed by atoms with van der Waals surface area (Å²) in [5.74, 6) is -0.699. The molecule has 3 heterocycles. The van der Waals surface area contributed by atoms with Crippen molar-refractivity contribution in [1.29, 1.82) is 0 Å². The molecule has 3 aromatic rings. The van der Waals surface area contributed by atoms with Gasteiger partial charge >= 0.3 is 5.97 Å². The SMILES string of the molecule is COC(=O)c1cc(-c2csc(NC(=O)c3ccncc3)n2)c[nH]1. The molecule has 0 aliphatic heterocycles. The number of pyridine rings is 1. The van der Waals surface area contributed by atoms with Gasteiger partial charge in [-0.15, -0.1) is 11.3 Å². The number of carbonyl (C=O) groups is 2. The number of hydrogen-bond donors (Lipinski definition) is 2. The number of ether oxygens (including phenoxy) is 1. The van der Waals surface area contributed by atoms with Gasteiger partial charge in [-0.1, -0.05) is 0 Å². The molecule has 0 unspecified atom stereocenters. The molecule has 2 N–H and O–H groups in total. The maximum absolute atomic E-state index is 12.1. The van der Waals surface area contributed by atoms with E-state index in [0.29, 0.717) is 22.1 Å². The molecule has 0 fully saturated rings. The van der Waals surface area contributed by atoms with Crippen molar-refractivity contribution in [3.8, 4) is 11.3 Å². The Hall–Kier alpha value is -3.00. The summed E-state index contributed by atoms with van der Waals surface area (Å²) in [5, 5.41) is 5.00. The number of rotatable bonds is 4. The molecule has 1 amide bonds. The van der Waals surface area contributed by atoms with Crippen LogP contribution in [0, 0.1) is 0 Å². The van der Waals surface area contributed by atoms with Crippen LogP contribution in [-0.4, -0.2) is 33.9 Å². The minimum Gasteiger partial charge on any atom is -0.464 e. The van der Waals surface area contributed by atoms with Crippen LogP contribution < -0.4 is 5.32 Å². The maximum Gasteiger partial charge on any atom is 0.354 e. The number of nitrogens with one attached hydrogen (secondary N) is 2. The first-order valence-corrected chi connectivity index (χ1v) is 7.49. The van der Waals surface area contributed by atoms with Crippen LogP contribution in [0.2, 0.25) is 0 Å². The van der Waals surface area contributed by atoms with Crippen LogP contribution in [-0.2, 0) is 4.74 Å². The molecule has 0 atom stereocenters. The summed E-state index contributed by atoms with van der Waals surface area (Å²) in [6, 6.07) is 4.90. The van der Waals surface area contributed by atoms with Crippen molar-refractivity contribution in [3.63, 3.8) is 0 Å². The molecular formula is C15H12N4O3S. The van der Waals surface area contributed by atoms with E-state index in [0.717, 1.165) is 5.56 Å². The first-order valence-electron chi connectivity index (χ1n) is 6.61. The fraction of sp³-hybridized carbons (Fsp3) is 0.0667. The Kier molecular flexibility index (Phi) is 4.15. The number of nitrogens with zero attached hydrogens (tertiary/aromatic N) is 2. The van der Waals surface area contributed by atoms with Gasteiger partial charge in [0, 0.05) is 35.1 Å². The minimum absolute atomic E-state index is 0.252. The lowest BCUT2D eigenvalue weighted by atomic mass is 10.2. The number of amides is 1. The van der Waals surface area contributed by atoms with Gasteiger partial charge in [0.2, 0.25) is 0 Å². The van der Waals surface area contributed by atoms with E-state index in [4.69, 9.17) is 0 Å². The highest BCUT2D eigenvalue weighted by Crippen LogP contribution is 2.26. The van der Waals surface area contributed by atoms with Crippen molar-refractivity contribution < 1.29 is 14.3 Å². The summed E-state index contributed by atoms with van der Waals surface area (Å²) in [7, 11) is 1.32. The van der Waals surface area contributed by atoms with E-state index < -0.39 is 5.97 Å². The standard InChI is InChI=1S/C15H12N4O3S/c1-22-14(21)11-6-10(7-17-11)12-8-23-15(18-12)19-13(20)9-2-4-16-5-3-9/h2-8,17H,1H3,(H,18,19,20). The Bertz CT molecular complexity index is 841. The van der Waals surface area contributed by atoms with Crippen LogP contribution >= 0.6 is 11.3 Å². The summed E-state index contributed by atoms with van der Waals surface area (Å²) < 4.78 is 4.64. The highest BCUT2D eigenvalue weighted by Gasteiger charge is 2.13. The second kappa shape index (κ2) is 6.41. The molecule has 0 spiro atoms. The molecule has 0 bridgehead atoms. The normalized spacial score (nSPS) is 10.3. The van der Waals surface area contributed by atoms with Gasteiger partial charge in [0.05, 0.1) is 12.8 Å². The number of H-pyrrole nitrogens is 1. The van der Waals surface area contributed by atoms with Crippen LogP contribution in [0.3, 0.4) is 0 Å². The van der Waals surface area contributed by atoms with Gasteiger partial charge in [-0.3, -0.25) is 15.1 Å². The van der Waals surface area contributed by atoms with E-state index in [2.05, 4.69) is 25.0 Å². The van der Waals surface area contributed by atoms with E-state index >= 15 is 0 Å². The molecule has 3 rings (SSSR count). The highest BCUT2D eigenvalue weighted by atomic mass is 32.1. The van der Waals surface area contributed by atoms with Crippen molar-refractivity contribution in [1.82, 2.24) is 15.0 Å². The monoisotopic (exact) mass is 328 g/mol. The third kappa shape index (κ3) is 3.27. The van der Waals surface area contributed by atoms with Gasteiger partial charge in [0.1, 0.15) is 5.69 Å². The molecule has 0 radical (unpaired) electrons. The summed E-state index contributed by atoms with van der Waals surface area (Å²) >= 11 is 1.30. The van der Waals surface area contributed by atoms with Gasteiger partial charge in [-0.05, 0) is 18.2 Å². The molecule has 7 nitrogen and oxygen atoms in total. The Morgan fingerprint density at radius 1 is 1.30 bits per heavy atom. The predicted molar refractivity (Wildman–Crippen MR) is 85.4 cm³/mol. The second-order valence-corrected chi connectivity index (χ2v) is 5.38. The third-order valence-corrected chi connectivity index (χ3v) is 3.81. The molecular weight excluding hydrogens is 316 g/mol. The lowest BCUT2D eigenvalue weighted by molar-refractivity contribution is 0.0594. The lowest BCUT2D eigenvalue weighted by Crippen LogP contribution is -2.11. The van der Waals surface area contributed by atoms with Crippen molar-refractivity contribution in [2.45, 2.75) is 0 Å². The van der Waals surface area contributed by atoms with Gasteiger partial charge in [-0.2, -0.15) is 0 Å². The summed E-state index contributed by atoms with van der Waals surface area (Å²) in [4.78, 5) is 34.5. The molecule has 0 saturated carbocycles. The average Bonchev–Trinajstić information content (AvgIpc) is 3.24. The summed E-state index contributed by atoms with van der Waals surface area (Å²) in [6.07, 6.45) is 4.77. The maximum atomic E-state index is 12.1. The highest BCUT2D eigenvalue weighted by molar-refractivity contribution is 7.14. The van der Waals surface area contributed by atoms with Gasteiger partial charge in [0.15, 0.2) is 5.13 Å². The van der Waals surface area contributed by atoms with Crippen LogP contribution in [0.15, 0.2) is 42.2 Å². The number of methoxy groups -OCH3 is 1. The number of aromatic nitrogens is 3. The average molecular weight is 328 g/mol. The van der Waals surface area contributed by atoms with Crippen molar-refractivity contribution >= 4 is 28.3 Å². The van der Waals surface area contributed by atoms with E-state index in [1.807, 2.05) is 0 Å². The zero-order chi connectivity index (χ0) is 16.2. The zero-order valence-corrected chi connectivity index (χ0v) is 12.9. The fourth-order valence-electron chi connectivity index (χ4n) is 1.91. The molecule has 23 heavy (non-hydrogen) atoms. The van der Waals surface area contributed by atoms with Crippen molar-refractivity contribution in [3.05, 3.63) is 53.4 Å². The van der Waals surface area contributed by atoms with E-state index in [1.165, 1.54) is 18.4 Å². The molecule has 8 heteroatoms. The first kappa shape index (κ1) is 14.9. The van der Waals surface area contributed by atoms with Crippen molar-refractivity contribution in [2.24, 2.45) is 0 Å². The van der Waals surface area contributed by atoms with Crippen LogP contribution in [0.25, 0.3) is 11.3 Å². The fourth-order valence-corrected chi connectivity index (χ4v) is 2.62. The first-order chi connectivity index (χ1) is 11.2. The minimum atomic E-state index is -0.447. The predicted octanol–water partition coefficient (Wildman–Crippen LogP) is 2.57. The van der Waals surface area contributed by atoms with Gasteiger partial charge in [-0.25, -0.2) is 9.78 Å². The Labute approximate surface area is 135 Å². The van der Waals surface area contributed by atoms with E-state index in [-0.39, 0.29) is 5.91 Å². The summed E-state index contributed by atoms with van der Waals surface area (Å²) in [6.45, 7) is 0. The topological polar surface area (TPSA) is 97.0 Å². The Balaban J connectivity index is 1.74. The number of hydrogen-bond acceptors (Lipinski definition) is 6. The quantitative estimate of drug-likeness (QED) is 0.717. The van der Waals surface area contributed by atoms with Gasteiger partial charge < -0.3 is 9.72 Å². The van der Waals surface area contributed by atoms with Crippen LogP contribution in [0.1, 0.15) is 20.8 Å². The molecule has 0 aromatic carbocycles. The summed E-state index contributed by atoms with van der Waals surface area (Å²) in [5.41, 5.74) is 2.25. The smallest absolute Gasteiger partial charge is 0.354 e. The third-order valence-electron chi connectivity index (χ3n) is 3.05. The van der Waals surface area contributed by atoms with Crippen LogP contribution in [0.4, 0.5) is 5.13 Å². The Morgan fingerprint density at radius 3 is 2.83 bits per heavy atom. The number of anilines is 1. The molecule has 0 saturated heterocycles. The van der Waals surface area contributed by atoms with Gasteiger partial charge in [0.25, 0.3) is 5.91 Å². The second-order valence-electron chi connectivity index (χ2n) is 4.52. The molecule has 116 valence electrons. The van der Waals surface area contributed by atoms with E-state index in [1.54, 1.807) is 42.2 Å². The number of thiazole rings is 1.